The van der Waals surface area contributed by atoms with Crippen LogP contribution in [0.25, 0.3) is 0 Å². The van der Waals surface area contributed by atoms with E-state index in [1.807, 2.05) is 38.1 Å². The predicted octanol–water partition coefficient (Wildman–Crippen LogP) is 4.47. The number of nitrogens with one attached hydrogen (secondary N) is 1. The third-order valence-corrected chi connectivity index (χ3v) is 4.47. The average Bonchev–Trinajstić information content (AvgIpc) is 2.56. The zero-order valence-electron chi connectivity index (χ0n) is 15.7. The Morgan fingerprint density at radius 2 is 1.84 bits per heavy atom. The van der Waals surface area contributed by atoms with E-state index < -0.39 is 0 Å². The molecule has 2 aromatic rings. The topological polar surface area (TPSA) is 51.1 Å². The van der Waals surface area contributed by atoms with E-state index in [2.05, 4.69) is 23.7 Å². The molecule has 134 valence electrons. The first-order chi connectivity index (χ1) is 12.0. The van der Waals surface area contributed by atoms with E-state index in [9.17, 15) is 9.59 Å². The van der Waals surface area contributed by atoms with Crippen LogP contribution in [0.3, 0.4) is 0 Å². The number of hydrogen-bond acceptors (Lipinski definition) is 2. The van der Waals surface area contributed by atoms with E-state index in [0.29, 0.717) is 0 Å². The van der Waals surface area contributed by atoms with Crippen LogP contribution in [0, 0.1) is 13.8 Å². The van der Waals surface area contributed by atoms with Crippen molar-refractivity contribution in [3.8, 4) is 0 Å². The van der Waals surface area contributed by atoms with Crippen molar-refractivity contribution in [3.05, 3.63) is 63.1 Å². The Morgan fingerprint density at radius 3 is 2.48 bits per heavy atom. The second kappa shape index (κ2) is 8.65. The van der Waals surface area contributed by atoms with Crippen molar-refractivity contribution in [1.82, 2.24) is 4.57 Å². The normalized spacial score (nSPS) is 10.7. The summed E-state index contributed by atoms with van der Waals surface area (Å²) in [6.45, 7) is 8.93. The van der Waals surface area contributed by atoms with Crippen molar-refractivity contribution in [2.75, 3.05) is 5.32 Å². The van der Waals surface area contributed by atoms with Crippen LogP contribution in [0.15, 0.2) is 35.1 Å². The standard InChI is InChI=1S/C21H28N2O2/c1-5-7-13-23-16(4)14-19(24)20(18(23)10-6-2)21(25)22-17-12-9-8-11-15(17)3/h8-9,11-12,14H,5-7,10,13H2,1-4H3,(H,22,25). The van der Waals surface area contributed by atoms with Gasteiger partial charge in [0.25, 0.3) is 5.91 Å². The van der Waals surface area contributed by atoms with Crippen molar-refractivity contribution < 1.29 is 4.79 Å². The molecule has 1 aromatic heterocycles. The maximum atomic E-state index is 12.9. The highest BCUT2D eigenvalue weighted by Gasteiger charge is 2.20. The zero-order valence-corrected chi connectivity index (χ0v) is 15.7. The van der Waals surface area contributed by atoms with Gasteiger partial charge in [-0.1, -0.05) is 44.9 Å². The Bertz CT molecular complexity index is 806. The lowest BCUT2D eigenvalue weighted by Gasteiger charge is -2.20. The molecule has 25 heavy (non-hydrogen) atoms. The fraction of sp³-hybridized carbons (Fsp3) is 0.429. The van der Waals surface area contributed by atoms with Gasteiger partial charge in [-0.25, -0.2) is 0 Å². The van der Waals surface area contributed by atoms with Crippen LogP contribution in [0.5, 0.6) is 0 Å². The number of hydrogen-bond donors (Lipinski definition) is 1. The van der Waals surface area contributed by atoms with E-state index in [-0.39, 0.29) is 16.9 Å². The quantitative estimate of drug-likeness (QED) is 0.808. The van der Waals surface area contributed by atoms with E-state index in [1.165, 1.54) is 0 Å². The Morgan fingerprint density at radius 1 is 1.12 bits per heavy atom. The molecular weight excluding hydrogens is 312 g/mol. The minimum absolute atomic E-state index is 0.195. The molecule has 0 radical (unpaired) electrons. The van der Waals surface area contributed by atoms with E-state index in [1.54, 1.807) is 6.07 Å². The number of rotatable bonds is 7. The molecule has 0 atom stereocenters. The molecule has 0 aliphatic rings. The summed E-state index contributed by atoms with van der Waals surface area (Å²) >= 11 is 0. The summed E-state index contributed by atoms with van der Waals surface area (Å²) in [4.78, 5) is 25.5. The Labute approximate surface area is 149 Å². The monoisotopic (exact) mass is 340 g/mol. The molecule has 4 heteroatoms. The maximum Gasteiger partial charge on any atom is 0.261 e. The molecule has 1 aromatic carbocycles. The first kappa shape index (κ1) is 19.0. The van der Waals surface area contributed by atoms with Crippen molar-refractivity contribution in [1.29, 1.82) is 0 Å². The molecule has 0 aliphatic carbocycles. The van der Waals surface area contributed by atoms with Crippen LogP contribution >= 0.6 is 0 Å². The fourth-order valence-electron chi connectivity index (χ4n) is 3.10. The lowest BCUT2D eigenvalue weighted by molar-refractivity contribution is 0.102. The first-order valence-electron chi connectivity index (χ1n) is 9.09. The number of aryl methyl sites for hydroxylation is 2. The Hall–Kier alpha value is -2.36. The van der Waals surface area contributed by atoms with Gasteiger partial charge in [0.1, 0.15) is 5.56 Å². The molecule has 0 aliphatic heterocycles. The van der Waals surface area contributed by atoms with Crippen LogP contribution in [0.4, 0.5) is 5.69 Å². The first-order valence-corrected chi connectivity index (χ1v) is 9.09. The number of nitrogens with zero attached hydrogens (tertiary/aromatic N) is 1. The second-order valence-electron chi connectivity index (χ2n) is 6.50. The summed E-state index contributed by atoms with van der Waals surface area (Å²) < 4.78 is 2.14. The number of pyridine rings is 1. The number of benzene rings is 1. The lowest BCUT2D eigenvalue weighted by Crippen LogP contribution is -2.28. The number of unbranched alkanes of at least 4 members (excludes halogenated alkanes) is 1. The van der Waals surface area contributed by atoms with Gasteiger partial charge in [0.05, 0.1) is 0 Å². The number of anilines is 1. The van der Waals surface area contributed by atoms with E-state index >= 15 is 0 Å². The van der Waals surface area contributed by atoms with Crippen molar-refractivity contribution in [2.45, 2.75) is 59.9 Å². The summed E-state index contributed by atoms with van der Waals surface area (Å²) in [5.74, 6) is -0.312. The number of aromatic nitrogens is 1. The Kier molecular flexibility index (Phi) is 6.57. The zero-order chi connectivity index (χ0) is 18.4. The molecular formula is C21H28N2O2. The third-order valence-electron chi connectivity index (χ3n) is 4.47. The van der Waals surface area contributed by atoms with Crippen LogP contribution < -0.4 is 10.7 Å². The van der Waals surface area contributed by atoms with Gasteiger partial charge in [-0.05, 0) is 38.3 Å². The molecule has 2 rings (SSSR count). The number of amides is 1. The highest BCUT2D eigenvalue weighted by Crippen LogP contribution is 2.17. The molecule has 0 bridgehead atoms. The molecule has 0 spiro atoms. The third kappa shape index (κ3) is 4.38. The minimum Gasteiger partial charge on any atom is -0.348 e. The summed E-state index contributed by atoms with van der Waals surface area (Å²) in [7, 11) is 0. The van der Waals surface area contributed by atoms with Gasteiger partial charge in [0.2, 0.25) is 0 Å². The van der Waals surface area contributed by atoms with Crippen LogP contribution in [0.2, 0.25) is 0 Å². The van der Waals surface area contributed by atoms with Gasteiger partial charge < -0.3 is 9.88 Å². The largest absolute Gasteiger partial charge is 0.348 e. The minimum atomic E-state index is -0.312. The average molecular weight is 340 g/mol. The smallest absolute Gasteiger partial charge is 0.261 e. The van der Waals surface area contributed by atoms with Crippen molar-refractivity contribution in [3.63, 3.8) is 0 Å². The van der Waals surface area contributed by atoms with Gasteiger partial charge >= 0.3 is 0 Å². The van der Waals surface area contributed by atoms with Crippen LogP contribution in [-0.4, -0.2) is 10.5 Å². The molecule has 0 unspecified atom stereocenters. The summed E-state index contributed by atoms with van der Waals surface area (Å²) in [6, 6.07) is 9.19. The molecule has 1 amide bonds. The lowest BCUT2D eigenvalue weighted by atomic mass is 10.1. The summed E-state index contributed by atoms with van der Waals surface area (Å²) in [5.41, 5.74) is 3.59. The SMILES string of the molecule is CCCCn1c(C)cc(=O)c(C(=O)Nc2ccccc2C)c1CCC. The highest BCUT2D eigenvalue weighted by molar-refractivity contribution is 6.05. The Balaban J connectivity index is 2.49. The molecule has 0 fully saturated rings. The van der Waals surface area contributed by atoms with Gasteiger partial charge in [-0.15, -0.1) is 0 Å². The molecule has 0 saturated carbocycles. The van der Waals surface area contributed by atoms with Crippen molar-refractivity contribution in [2.24, 2.45) is 0 Å². The molecule has 0 saturated heterocycles. The van der Waals surface area contributed by atoms with Gasteiger partial charge in [0, 0.05) is 29.7 Å². The van der Waals surface area contributed by atoms with Crippen LogP contribution in [-0.2, 0) is 13.0 Å². The van der Waals surface area contributed by atoms with E-state index in [4.69, 9.17) is 0 Å². The molecule has 1 heterocycles. The van der Waals surface area contributed by atoms with Gasteiger partial charge in [0.15, 0.2) is 5.43 Å². The summed E-state index contributed by atoms with van der Waals surface area (Å²) in [6.07, 6.45) is 3.71. The maximum absolute atomic E-state index is 12.9. The van der Waals surface area contributed by atoms with Crippen molar-refractivity contribution >= 4 is 11.6 Å². The molecule has 4 nitrogen and oxygen atoms in total. The summed E-state index contributed by atoms with van der Waals surface area (Å²) in [5, 5.41) is 2.92. The number of carbonyl (C=O) groups excluding carboxylic acids is 1. The fourth-order valence-corrected chi connectivity index (χ4v) is 3.10. The van der Waals surface area contributed by atoms with Crippen LogP contribution in [0.1, 0.15) is 60.4 Å². The number of para-hydroxylation sites is 1. The molecule has 1 N–H and O–H groups in total. The number of carbonyl (C=O) groups is 1. The second-order valence-corrected chi connectivity index (χ2v) is 6.50. The van der Waals surface area contributed by atoms with Gasteiger partial charge in [-0.3, -0.25) is 9.59 Å². The van der Waals surface area contributed by atoms with E-state index in [0.717, 1.165) is 54.9 Å². The highest BCUT2D eigenvalue weighted by atomic mass is 16.2. The van der Waals surface area contributed by atoms with Gasteiger partial charge in [-0.2, -0.15) is 0 Å². The predicted molar refractivity (Wildman–Crippen MR) is 103 cm³/mol.